The average molecular weight is 232 g/mol. The van der Waals surface area contributed by atoms with Crippen LogP contribution in [0.4, 0.5) is 0 Å². The van der Waals surface area contributed by atoms with E-state index in [2.05, 4.69) is 46.9 Å². The van der Waals surface area contributed by atoms with Crippen molar-refractivity contribution in [3.8, 4) is 0 Å². The largest absolute Gasteiger partial charge is 0.308 e. The number of hydrogen-bond donors (Lipinski definition) is 1. The number of fused-ring (bicyclic) bond motifs is 1. The van der Waals surface area contributed by atoms with E-state index in [1.54, 1.807) is 0 Å². The number of thiophene rings is 1. The van der Waals surface area contributed by atoms with Crippen LogP contribution in [0.15, 0.2) is 29.6 Å². The topological polar surface area (TPSA) is 15.3 Å². The summed E-state index contributed by atoms with van der Waals surface area (Å²) in [6.45, 7) is 3.35. The van der Waals surface area contributed by atoms with E-state index in [-0.39, 0.29) is 0 Å². The van der Waals surface area contributed by atoms with Crippen molar-refractivity contribution in [3.63, 3.8) is 0 Å². The van der Waals surface area contributed by atoms with Gasteiger partial charge in [-0.1, -0.05) is 18.2 Å². The van der Waals surface area contributed by atoms with Crippen molar-refractivity contribution in [1.82, 2.24) is 10.2 Å². The van der Waals surface area contributed by atoms with Crippen LogP contribution in [0.3, 0.4) is 0 Å². The van der Waals surface area contributed by atoms with Gasteiger partial charge >= 0.3 is 0 Å². The lowest BCUT2D eigenvalue weighted by molar-refractivity contribution is 0.242. The summed E-state index contributed by atoms with van der Waals surface area (Å²) in [5.74, 6) is 0. The number of hydrogen-bond acceptors (Lipinski definition) is 3. The minimum atomic E-state index is 0.495. The number of nitrogens with zero attached hydrogens (tertiary/aromatic N) is 1. The number of nitrogens with one attached hydrogen (secondary N) is 1. The van der Waals surface area contributed by atoms with Gasteiger partial charge in [-0.2, -0.15) is 0 Å². The Hall–Kier alpha value is -0.900. The van der Waals surface area contributed by atoms with E-state index in [0.29, 0.717) is 6.04 Å². The summed E-state index contributed by atoms with van der Waals surface area (Å²) in [5.41, 5.74) is 1.46. The Bertz CT molecular complexity index is 491. The first-order chi connectivity index (χ1) is 7.84. The second-order valence-corrected chi connectivity index (χ2v) is 5.37. The van der Waals surface area contributed by atoms with Crippen LogP contribution in [0.5, 0.6) is 0 Å². The monoisotopic (exact) mass is 232 g/mol. The van der Waals surface area contributed by atoms with E-state index in [9.17, 15) is 0 Å². The van der Waals surface area contributed by atoms with E-state index in [1.165, 1.54) is 15.6 Å². The summed E-state index contributed by atoms with van der Waals surface area (Å²) in [6.07, 6.45) is 0. The summed E-state index contributed by atoms with van der Waals surface area (Å²) < 4.78 is 1.40. The molecule has 1 N–H and O–H groups in total. The van der Waals surface area contributed by atoms with Gasteiger partial charge in [0.05, 0.1) is 0 Å². The SMILES string of the molecule is CN1CCNC(c2csc3ccccc23)C1. The Morgan fingerprint density at radius 3 is 3.12 bits per heavy atom. The molecule has 1 unspecified atom stereocenters. The van der Waals surface area contributed by atoms with Gasteiger partial charge in [0.2, 0.25) is 0 Å². The maximum Gasteiger partial charge on any atom is 0.0464 e. The lowest BCUT2D eigenvalue weighted by Gasteiger charge is -2.30. The fourth-order valence-electron chi connectivity index (χ4n) is 2.37. The van der Waals surface area contributed by atoms with Crippen molar-refractivity contribution in [2.24, 2.45) is 0 Å². The van der Waals surface area contributed by atoms with Gasteiger partial charge in [0, 0.05) is 30.4 Å². The van der Waals surface area contributed by atoms with E-state index in [4.69, 9.17) is 0 Å². The predicted molar refractivity (Wildman–Crippen MR) is 70.1 cm³/mol. The van der Waals surface area contributed by atoms with Crippen LogP contribution in [0.1, 0.15) is 11.6 Å². The summed E-state index contributed by atoms with van der Waals surface area (Å²) in [7, 11) is 2.20. The Labute approximate surface area is 99.9 Å². The van der Waals surface area contributed by atoms with Crippen LogP contribution in [0.2, 0.25) is 0 Å². The van der Waals surface area contributed by atoms with Gasteiger partial charge in [-0.3, -0.25) is 0 Å². The van der Waals surface area contributed by atoms with Gasteiger partial charge in [0.25, 0.3) is 0 Å². The third-order valence-corrected chi connectivity index (χ3v) is 4.25. The molecular formula is C13H16N2S. The van der Waals surface area contributed by atoms with Crippen LogP contribution in [0.25, 0.3) is 10.1 Å². The maximum absolute atomic E-state index is 3.61. The third kappa shape index (κ3) is 1.75. The van der Waals surface area contributed by atoms with Crippen LogP contribution in [-0.2, 0) is 0 Å². The molecule has 1 aliphatic rings. The molecule has 3 rings (SSSR count). The van der Waals surface area contributed by atoms with Crippen molar-refractivity contribution in [1.29, 1.82) is 0 Å². The average Bonchev–Trinajstić information content (AvgIpc) is 2.72. The molecule has 3 heteroatoms. The van der Waals surface area contributed by atoms with Crippen LogP contribution >= 0.6 is 11.3 Å². The molecule has 1 aromatic heterocycles. The first-order valence-corrected chi connectivity index (χ1v) is 6.60. The number of piperazine rings is 1. The first-order valence-electron chi connectivity index (χ1n) is 5.72. The lowest BCUT2D eigenvalue weighted by Crippen LogP contribution is -2.43. The van der Waals surface area contributed by atoms with Crippen molar-refractivity contribution < 1.29 is 0 Å². The fraction of sp³-hybridized carbons (Fsp3) is 0.385. The molecule has 0 saturated carbocycles. The van der Waals surface area contributed by atoms with Gasteiger partial charge in [0.1, 0.15) is 0 Å². The van der Waals surface area contributed by atoms with Crippen LogP contribution < -0.4 is 5.32 Å². The standard InChI is InChI=1S/C13H16N2S/c1-15-7-6-14-12(8-15)11-9-16-13-5-3-2-4-10(11)13/h2-5,9,12,14H,6-8H2,1H3. The molecule has 0 radical (unpaired) electrons. The van der Waals surface area contributed by atoms with Crippen LogP contribution in [-0.4, -0.2) is 31.6 Å². The van der Waals surface area contributed by atoms with Gasteiger partial charge in [-0.05, 0) is 29.4 Å². The molecule has 1 atom stereocenters. The zero-order valence-corrected chi connectivity index (χ0v) is 10.3. The lowest BCUT2D eigenvalue weighted by atomic mass is 10.0. The first kappa shape index (κ1) is 10.3. The van der Waals surface area contributed by atoms with E-state index in [1.807, 2.05) is 11.3 Å². The number of likely N-dealkylation sites (N-methyl/N-ethyl adjacent to an activating group) is 1. The zero-order chi connectivity index (χ0) is 11.0. The number of rotatable bonds is 1. The Morgan fingerprint density at radius 1 is 1.38 bits per heavy atom. The highest BCUT2D eigenvalue weighted by molar-refractivity contribution is 7.17. The Morgan fingerprint density at radius 2 is 2.25 bits per heavy atom. The Kier molecular flexibility index (Phi) is 2.67. The summed E-state index contributed by atoms with van der Waals surface area (Å²) in [5, 5.41) is 7.33. The molecule has 2 nitrogen and oxygen atoms in total. The van der Waals surface area contributed by atoms with Gasteiger partial charge in [0.15, 0.2) is 0 Å². The normalized spacial score (nSPS) is 22.7. The highest BCUT2D eigenvalue weighted by Crippen LogP contribution is 2.31. The molecule has 0 aliphatic carbocycles. The molecular weight excluding hydrogens is 216 g/mol. The Balaban J connectivity index is 1.99. The second kappa shape index (κ2) is 4.17. The van der Waals surface area contributed by atoms with Crippen LogP contribution in [0, 0.1) is 0 Å². The third-order valence-electron chi connectivity index (χ3n) is 3.26. The molecule has 0 bridgehead atoms. The summed E-state index contributed by atoms with van der Waals surface area (Å²) in [4.78, 5) is 2.40. The van der Waals surface area contributed by atoms with Crippen molar-refractivity contribution >= 4 is 21.4 Å². The fourth-order valence-corrected chi connectivity index (χ4v) is 3.39. The molecule has 2 aromatic rings. The minimum absolute atomic E-state index is 0.495. The maximum atomic E-state index is 3.61. The highest BCUT2D eigenvalue weighted by atomic mass is 32.1. The van der Waals surface area contributed by atoms with E-state index in [0.717, 1.165) is 19.6 Å². The quantitative estimate of drug-likeness (QED) is 0.812. The molecule has 1 fully saturated rings. The number of benzene rings is 1. The zero-order valence-electron chi connectivity index (χ0n) is 9.44. The molecule has 2 heterocycles. The smallest absolute Gasteiger partial charge is 0.0464 e. The molecule has 0 amide bonds. The van der Waals surface area contributed by atoms with Gasteiger partial charge < -0.3 is 10.2 Å². The summed E-state index contributed by atoms with van der Waals surface area (Å²) >= 11 is 1.85. The second-order valence-electron chi connectivity index (χ2n) is 4.46. The molecule has 1 aliphatic heterocycles. The minimum Gasteiger partial charge on any atom is -0.308 e. The highest BCUT2D eigenvalue weighted by Gasteiger charge is 2.20. The van der Waals surface area contributed by atoms with Crippen molar-refractivity contribution in [3.05, 3.63) is 35.2 Å². The van der Waals surface area contributed by atoms with Crippen molar-refractivity contribution in [2.75, 3.05) is 26.7 Å². The van der Waals surface area contributed by atoms with Gasteiger partial charge in [-0.25, -0.2) is 0 Å². The molecule has 16 heavy (non-hydrogen) atoms. The molecule has 1 aromatic carbocycles. The van der Waals surface area contributed by atoms with E-state index >= 15 is 0 Å². The molecule has 84 valence electrons. The molecule has 1 saturated heterocycles. The predicted octanol–water partition coefficient (Wildman–Crippen LogP) is 2.48. The molecule has 0 spiro atoms. The summed E-state index contributed by atoms with van der Waals surface area (Å²) in [6, 6.07) is 9.18. The van der Waals surface area contributed by atoms with Gasteiger partial charge in [-0.15, -0.1) is 11.3 Å². The van der Waals surface area contributed by atoms with Crippen molar-refractivity contribution in [2.45, 2.75) is 6.04 Å². The van der Waals surface area contributed by atoms with E-state index < -0.39 is 0 Å².